The third-order valence-electron chi connectivity index (χ3n) is 0.687. The summed E-state index contributed by atoms with van der Waals surface area (Å²) in [5, 5.41) is 0.139. The summed E-state index contributed by atoms with van der Waals surface area (Å²) in [5.41, 5.74) is 9.88. The van der Waals surface area contributed by atoms with Gasteiger partial charge in [-0.1, -0.05) is 25.3 Å². The Morgan fingerprint density at radius 3 is 1.36 bits per heavy atom. The Bertz CT molecular complexity index is 186. The highest BCUT2D eigenvalue weighted by Gasteiger charge is 1.79. The maximum Gasteiger partial charge on any atom is 0.254 e. The number of hydrogen-bond donors (Lipinski definition) is 2. The summed E-state index contributed by atoms with van der Waals surface area (Å²) in [7, 11) is 0. The van der Waals surface area contributed by atoms with E-state index in [9.17, 15) is 0 Å². The third-order valence-corrected chi connectivity index (χ3v) is 0.923. The van der Waals surface area contributed by atoms with Crippen molar-refractivity contribution in [3.05, 3.63) is 25.3 Å². The van der Waals surface area contributed by atoms with Crippen LogP contribution in [0.15, 0.2) is 25.3 Å². The van der Waals surface area contributed by atoms with Gasteiger partial charge in [0.25, 0.3) is 10.3 Å². The molecule has 14 heavy (non-hydrogen) atoms. The Hall–Kier alpha value is -1.14. The number of ether oxygens (including phenoxy) is 2. The summed E-state index contributed by atoms with van der Waals surface area (Å²) < 4.78 is 9.16. The Morgan fingerprint density at radius 1 is 1.00 bits per heavy atom. The van der Waals surface area contributed by atoms with Crippen molar-refractivity contribution in [2.45, 2.75) is 0 Å². The lowest BCUT2D eigenvalue weighted by atomic mass is 10.7. The molecule has 6 heteroatoms. The van der Waals surface area contributed by atoms with E-state index in [1.54, 1.807) is 12.2 Å². The van der Waals surface area contributed by atoms with Gasteiger partial charge < -0.3 is 20.9 Å². The van der Waals surface area contributed by atoms with Crippen LogP contribution in [0.1, 0.15) is 0 Å². The minimum absolute atomic E-state index is 0.0694. The van der Waals surface area contributed by atoms with Gasteiger partial charge in [-0.15, -0.1) is 0 Å². The zero-order chi connectivity index (χ0) is 11.4. The molecule has 0 aliphatic carbocycles. The van der Waals surface area contributed by atoms with Crippen molar-refractivity contribution in [1.29, 1.82) is 0 Å². The van der Waals surface area contributed by atoms with Gasteiger partial charge in [0.05, 0.1) is 0 Å². The predicted octanol–water partition coefficient (Wildman–Crippen LogP) is 0.865. The zero-order valence-electron chi connectivity index (χ0n) is 7.77. The van der Waals surface area contributed by atoms with Crippen molar-refractivity contribution in [1.82, 2.24) is 0 Å². The van der Waals surface area contributed by atoms with Gasteiger partial charge in [-0.25, -0.2) is 0 Å². The van der Waals surface area contributed by atoms with Crippen LogP contribution in [-0.4, -0.2) is 23.6 Å². The molecule has 0 saturated carbocycles. The molecular weight excluding hydrogens is 220 g/mol. The Balaban J connectivity index is 0. The van der Waals surface area contributed by atoms with E-state index in [0.29, 0.717) is 13.2 Å². The topological polar surface area (TPSA) is 70.5 Å². The zero-order valence-corrected chi connectivity index (χ0v) is 9.40. The summed E-state index contributed by atoms with van der Waals surface area (Å²) in [6.45, 7) is 7.58. The summed E-state index contributed by atoms with van der Waals surface area (Å²) in [6, 6.07) is 0. The maximum atomic E-state index is 4.94. The van der Waals surface area contributed by atoms with E-state index >= 15 is 0 Å². The normalized spacial score (nSPS) is 7.43. The summed E-state index contributed by atoms with van der Waals surface area (Å²) in [5.74, 6) is 0. The minimum Gasteiger partial charge on any atom is -0.467 e. The smallest absolute Gasteiger partial charge is 0.254 e. The molecule has 80 valence electrons. The molecule has 0 spiro atoms. The van der Waals surface area contributed by atoms with E-state index in [1.165, 1.54) is 0 Å². The number of rotatable bonds is 4. The standard InChI is InChI=1S/2C4H7NOS/c2*1-2-3-6-4(5)7/h2*2H,1,3H2,(H2,5,7). The van der Waals surface area contributed by atoms with Crippen molar-refractivity contribution in [2.75, 3.05) is 13.2 Å². The van der Waals surface area contributed by atoms with Crippen molar-refractivity contribution < 1.29 is 9.47 Å². The lowest BCUT2D eigenvalue weighted by molar-refractivity contribution is 0.355. The molecule has 0 radical (unpaired) electrons. The van der Waals surface area contributed by atoms with Gasteiger partial charge in [0.15, 0.2) is 0 Å². The molecule has 0 aromatic carbocycles. The van der Waals surface area contributed by atoms with Crippen LogP contribution in [0.5, 0.6) is 0 Å². The van der Waals surface area contributed by atoms with Gasteiger partial charge in [0.1, 0.15) is 13.2 Å². The van der Waals surface area contributed by atoms with Crippen LogP contribution in [-0.2, 0) is 9.47 Å². The van der Waals surface area contributed by atoms with E-state index in [2.05, 4.69) is 47.1 Å². The fourth-order valence-corrected chi connectivity index (χ4v) is 0.418. The molecule has 0 aliphatic heterocycles. The summed E-state index contributed by atoms with van der Waals surface area (Å²) in [6.07, 6.45) is 3.16. The van der Waals surface area contributed by atoms with E-state index in [4.69, 9.17) is 11.5 Å². The molecule has 0 heterocycles. The van der Waals surface area contributed by atoms with Crippen LogP contribution in [0, 0.1) is 0 Å². The lowest BCUT2D eigenvalue weighted by Crippen LogP contribution is -2.11. The van der Waals surface area contributed by atoms with Crippen LogP contribution < -0.4 is 11.5 Å². The van der Waals surface area contributed by atoms with Gasteiger partial charge in [-0.05, 0) is 24.4 Å². The quantitative estimate of drug-likeness (QED) is 0.555. The second kappa shape index (κ2) is 11.9. The van der Waals surface area contributed by atoms with Gasteiger partial charge >= 0.3 is 0 Å². The van der Waals surface area contributed by atoms with Crippen LogP contribution >= 0.6 is 24.4 Å². The van der Waals surface area contributed by atoms with Crippen molar-refractivity contribution in [3.63, 3.8) is 0 Å². The molecule has 0 unspecified atom stereocenters. The van der Waals surface area contributed by atoms with Crippen LogP contribution in [0.4, 0.5) is 0 Å². The SMILES string of the molecule is C=CCOC(N)=S.C=CCOC(N)=S. The molecule has 4 N–H and O–H groups in total. The van der Waals surface area contributed by atoms with Crippen LogP contribution in [0.2, 0.25) is 0 Å². The Morgan fingerprint density at radius 2 is 1.29 bits per heavy atom. The van der Waals surface area contributed by atoms with Gasteiger partial charge in [-0.3, -0.25) is 0 Å². The highest BCUT2D eigenvalue weighted by molar-refractivity contribution is 7.80. The molecule has 0 atom stereocenters. The van der Waals surface area contributed by atoms with E-state index in [0.717, 1.165) is 0 Å². The summed E-state index contributed by atoms with van der Waals surface area (Å²) >= 11 is 8.74. The number of thiocarbonyl (C=S) groups is 2. The van der Waals surface area contributed by atoms with Crippen molar-refractivity contribution >= 4 is 34.8 Å². The monoisotopic (exact) mass is 234 g/mol. The molecule has 4 nitrogen and oxygen atoms in total. The van der Waals surface area contributed by atoms with Gasteiger partial charge in [0, 0.05) is 0 Å². The average molecular weight is 234 g/mol. The molecule has 0 fully saturated rings. The lowest BCUT2D eigenvalue weighted by Gasteiger charge is -1.94. The second-order valence-corrected chi connectivity index (χ2v) is 2.64. The van der Waals surface area contributed by atoms with Crippen molar-refractivity contribution in [3.8, 4) is 0 Å². The predicted molar refractivity (Wildman–Crippen MR) is 65.9 cm³/mol. The number of nitrogens with two attached hydrogens (primary N) is 2. The molecule has 0 amide bonds. The fraction of sp³-hybridized carbons (Fsp3) is 0.250. The minimum atomic E-state index is 0.0694. The van der Waals surface area contributed by atoms with Gasteiger partial charge in [-0.2, -0.15) is 0 Å². The van der Waals surface area contributed by atoms with E-state index < -0.39 is 0 Å². The number of hydrogen-bond acceptors (Lipinski definition) is 4. The Kier molecular flexibility index (Phi) is 13.0. The van der Waals surface area contributed by atoms with Gasteiger partial charge in [0.2, 0.25) is 0 Å². The Labute approximate surface area is 94.5 Å². The molecule has 0 aliphatic rings. The molecule has 0 bridgehead atoms. The van der Waals surface area contributed by atoms with E-state index in [-0.39, 0.29) is 10.3 Å². The van der Waals surface area contributed by atoms with Crippen LogP contribution in [0.3, 0.4) is 0 Å². The maximum absolute atomic E-state index is 4.94. The second-order valence-electron chi connectivity index (χ2n) is 1.84. The van der Waals surface area contributed by atoms with Crippen molar-refractivity contribution in [2.24, 2.45) is 11.5 Å². The molecule has 0 aromatic heterocycles. The molecule has 0 saturated heterocycles. The first-order valence-corrected chi connectivity index (χ1v) is 4.42. The highest BCUT2D eigenvalue weighted by Crippen LogP contribution is 1.72. The molecule has 0 rings (SSSR count). The molecular formula is C8H14N2O2S2. The summed E-state index contributed by atoms with van der Waals surface area (Å²) in [4.78, 5) is 0. The first kappa shape index (κ1) is 15.3. The first-order chi connectivity index (χ1) is 6.54. The van der Waals surface area contributed by atoms with E-state index in [1.807, 2.05) is 0 Å². The fourth-order valence-electron chi connectivity index (χ4n) is 0.282. The highest BCUT2D eigenvalue weighted by atomic mass is 32.1. The largest absolute Gasteiger partial charge is 0.467 e. The average Bonchev–Trinajstić information content (AvgIpc) is 2.12. The first-order valence-electron chi connectivity index (χ1n) is 3.60. The van der Waals surface area contributed by atoms with Crippen LogP contribution in [0.25, 0.3) is 0 Å². The molecule has 0 aromatic rings. The third kappa shape index (κ3) is 22.4.